The summed E-state index contributed by atoms with van der Waals surface area (Å²) in [5.41, 5.74) is -0.321. The molecule has 0 aliphatic heterocycles. The summed E-state index contributed by atoms with van der Waals surface area (Å²) in [6.45, 7) is 0. The number of carboxylic acid groups (broad SMARTS) is 1. The monoisotopic (exact) mass is 327 g/mol. The van der Waals surface area contributed by atoms with Gasteiger partial charge < -0.3 is 14.8 Å². The lowest BCUT2D eigenvalue weighted by molar-refractivity contribution is 0.0692. The summed E-state index contributed by atoms with van der Waals surface area (Å²) in [5, 5.41) is 11.1. The van der Waals surface area contributed by atoms with E-state index in [2.05, 4.69) is 21.2 Å². The molecule has 0 radical (unpaired) electrons. The number of rotatable bonds is 3. The molecular formula is C12H7BrFNO4. The Morgan fingerprint density at radius 1 is 1.26 bits per heavy atom. The van der Waals surface area contributed by atoms with E-state index in [9.17, 15) is 14.0 Å². The normalized spacial score (nSPS) is 10.2. The Hall–Kier alpha value is -2.15. The van der Waals surface area contributed by atoms with E-state index in [4.69, 9.17) is 9.52 Å². The minimum absolute atomic E-state index is 0.0506. The maximum Gasteiger partial charge on any atom is 0.338 e. The number of hydrogen-bond acceptors (Lipinski definition) is 3. The smallest absolute Gasteiger partial charge is 0.338 e. The Balaban J connectivity index is 2.18. The minimum atomic E-state index is -1.37. The summed E-state index contributed by atoms with van der Waals surface area (Å²) in [6, 6.07) is 6.29. The first kappa shape index (κ1) is 13.3. The molecule has 2 rings (SSSR count). The number of carboxylic acids is 1. The SMILES string of the molecule is O=C(Nc1ccc(C(=O)O)c(F)c1)c1ccc(Br)o1. The van der Waals surface area contributed by atoms with Crippen LogP contribution in [-0.4, -0.2) is 17.0 Å². The second-order valence-corrected chi connectivity index (χ2v) is 4.34. The average molecular weight is 328 g/mol. The molecule has 0 saturated heterocycles. The van der Waals surface area contributed by atoms with Gasteiger partial charge in [-0.3, -0.25) is 4.79 Å². The van der Waals surface area contributed by atoms with E-state index in [1.54, 1.807) is 6.07 Å². The highest BCUT2D eigenvalue weighted by molar-refractivity contribution is 9.10. The lowest BCUT2D eigenvalue weighted by Gasteiger charge is -2.04. The maximum absolute atomic E-state index is 13.4. The van der Waals surface area contributed by atoms with Crippen LogP contribution in [0.4, 0.5) is 10.1 Å². The van der Waals surface area contributed by atoms with E-state index >= 15 is 0 Å². The second-order valence-electron chi connectivity index (χ2n) is 3.56. The van der Waals surface area contributed by atoms with E-state index in [1.165, 1.54) is 12.1 Å². The molecule has 5 nitrogen and oxygen atoms in total. The lowest BCUT2D eigenvalue weighted by Crippen LogP contribution is -2.11. The van der Waals surface area contributed by atoms with Crippen molar-refractivity contribution in [3.8, 4) is 0 Å². The van der Waals surface area contributed by atoms with Gasteiger partial charge in [0, 0.05) is 5.69 Å². The Kier molecular flexibility index (Phi) is 3.66. The number of benzene rings is 1. The highest BCUT2D eigenvalue weighted by Crippen LogP contribution is 2.18. The van der Waals surface area contributed by atoms with Gasteiger partial charge in [0.1, 0.15) is 5.82 Å². The van der Waals surface area contributed by atoms with Gasteiger partial charge in [-0.25, -0.2) is 9.18 Å². The standard InChI is InChI=1S/C12H7BrFNO4/c13-10-4-3-9(19-10)11(16)15-6-1-2-7(12(17)18)8(14)5-6/h1-5H,(H,15,16)(H,17,18). The predicted molar refractivity (Wildman–Crippen MR) is 67.7 cm³/mol. The van der Waals surface area contributed by atoms with E-state index in [1.807, 2.05) is 0 Å². The fourth-order valence-corrected chi connectivity index (χ4v) is 1.70. The molecule has 1 heterocycles. The number of nitrogens with one attached hydrogen (secondary N) is 1. The summed E-state index contributed by atoms with van der Waals surface area (Å²) in [7, 11) is 0. The Morgan fingerprint density at radius 2 is 2.00 bits per heavy atom. The van der Waals surface area contributed by atoms with Crippen molar-refractivity contribution in [2.75, 3.05) is 5.32 Å². The number of hydrogen-bond donors (Lipinski definition) is 2. The highest BCUT2D eigenvalue weighted by atomic mass is 79.9. The molecule has 1 aromatic carbocycles. The summed E-state index contributed by atoms with van der Waals surface area (Å²) >= 11 is 3.05. The van der Waals surface area contributed by atoms with Crippen LogP contribution >= 0.6 is 15.9 Å². The largest absolute Gasteiger partial charge is 0.478 e. The van der Waals surface area contributed by atoms with Gasteiger partial charge >= 0.3 is 5.97 Å². The third-order valence-corrected chi connectivity index (χ3v) is 2.68. The van der Waals surface area contributed by atoms with Crippen LogP contribution in [0.25, 0.3) is 0 Å². The molecule has 2 N–H and O–H groups in total. The van der Waals surface area contributed by atoms with E-state index in [0.717, 1.165) is 12.1 Å². The van der Waals surface area contributed by atoms with Crippen molar-refractivity contribution in [2.45, 2.75) is 0 Å². The van der Waals surface area contributed by atoms with Crippen LogP contribution in [0.15, 0.2) is 39.4 Å². The molecule has 0 bridgehead atoms. The molecule has 0 fully saturated rings. The van der Waals surface area contributed by atoms with E-state index < -0.39 is 23.3 Å². The van der Waals surface area contributed by atoms with Gasteiger partial charge in [0.2, 0.25) is 0 Å². The topological polar surface area (TPSA) is 79.5 Å². The van der Waals surface area contributed by atoms with E-state index in [0.29, 0.717) is 4.67 Å². The molecule has 0 saturated carbocycles. The third kappa shape index (κ3) is 3.00. The molecule has 1 aromatic heterocycles. The van der Waals surface area contributed by atoms with Crippen molar-refractivity contribution in [1.29, 1.82) is 0 Å². The molecule has 0 atom stereocenters. The van der Waals surface area contributed by atoms with Crippen LogP contribution in [0.5, 0.6) is 0 Å². The molecule has 1 amide bonds. The number of anilines is 1. The molecule has 98 valence electrons. The van der Waals surface area contributed by atoms with Crippen LogP contribution in [0.2, 0.25) is 0 Å². The van der Waals surface area contributed by atoms with Crippen LogP contribution in [0, 0.1) is 5.82 Å². The Bertz CT molecular complexity index is 653. The minimum Gasteiger partial charge on any atom is -0.478 e. The van der Waals surface area contributed by atoms with Gasteiger partial charge in [-0.05, 0) is 46.3 Å². The molecule has 7 heteroatoms. The second kappa shape index (κ2) is 5.23. The predicted octanol–water partition coefficient (Wildman–Crippen LogP) is 3.13. The first-order valence-corrected chi connectivity index (χ1v) is 5.86. The molecule has 19 heavy (non-hydrogen) atoms. The fraction of sp³-hybridized carbons (Fsp3) is 0. The van der Waals surface area contributed by atoms with Gasteiger partial charge in [0.05, 0.1) is 5.56 Å². The number of furan rings is 1. The zero-order chi connectivity index (χ0) is 14.0. The van der Waals surface area contributed by atoms with Crippen molar-refractivity contribution < 1.29 is 23.5 Å². The van der Waals surface area contributed by atoms with Gasteiger partial charge in [0.15, 0.2) is 10.4 Å². The number of aromatic carboxylic acids is 1. The summed E-state index contributed by atoms with van der Waals surface area (Å²) in [6.07, 6.45) is 0. The van der Waals surface area contributed by atoms with Crippen LogP contribution in [0.1, 0.15) is 20.9 Å². The number of halogens is 2. The fourth-order valence-electron chi connectivity index (χ4n) is 1.40. The molecule has 0 spiro atoms. The van der Waals surface area contributed by atoms with Crippen molar-refractivity contribution in [3.63, 3.8) is 0 Å². The first-order valence-electron chi connectivity index (χ1n) is 5.07. The van der Waals surface area contributed by atoms with Crippen LogP contribution in [-0.2, 0) is 0 Å². The van der Waals surface area contributed by atoms with Crippen molar-refractivity contribution in [3.05, 3.63) is 52.1 Å². The molecule has 0 aliphatic rings. The first-order chi connectivity index (χ1) is 8.97. The Morgan fingerprint density at radius 3 is 2.53 bits per heavy atom. The molecular weight excluding hydrogens is 321 g/mol. The quantitative estimate of drug-likeness (QED) is 0.907. The van der Waals surface area contributed by atoms with Crippen molar-refractivity contribution >= 4 is 33.5 Å². The van der Waals surface area contributed by atoms with Gasteiger partial charge in [0.25, 0.3) is 5.91 Å². The van der Waals surface area contributed by atoms with Crippen molar-refractivity contribution in [2.24, 2.45) is 0 Å². The average Bonchev–Trinajstić information content (AvgIpc) is 2.75. The summed E-state index contributed by atoms with van der Waals surface area (Å²) < 4.78 is 18.8. The number of carbonyl (C=O) groups is 2. The van der Waals surface area contributed by atoms with E-state index in [-0.39, 0.29) is 11.4 Å². The summed E-state index contributed by atoms with van der Waals surface area (Å²) in [5.74, 6) is -2.81. The maximum atomic E-state index is 13.4. The van der Waals surface area contributed by atoms with Gasteiger partial charge in [-0.1, -0.05) is 0 Å². The lowest BCUT2D eigenvalue weighted by atomic mass is 10.2. The molecule has 0 unspecified atom stereocenters. The van der Waals surface area contributed by atoms with Gasteiger partial charge in [-0.15, -0.1) is 0 Å². The zero-order valence-corrected chi connectivity index (χ0v) is 10.9. The third-order valence-electron chi connectivity index (χ3n) is 2.25. The zero-order valence-electron chi connectivity index (χ0n) is 9.31. The molecule has 2 aromatic rings. The molecule has 0 aliphatic carbocycles. The van der Waals surface area contributed by atoms with Crippen LogP contribution in [0.3, 0.4) is 0 Å². The van der Waals surface area contributed by atoms with Gasteiger partial charge in [-0.2, -0.15) is 0 Å². The number of amides is 1. The highest BCUT2D eigenvalue weighted by Gasteiger charge is 2.14. The van der Waals surface area contributed by atoms with Crippen LogP contribution < -0.4 is 5.32 Å². The Labute approximate surface area is 115 Å². The van der Waals surface area contributed by atoms with Crippen molar-refractivity contribution in [1.82, 2.24) is 0 Å². The number of carbonyl (C=O) groups excluding carboxylic acids is 1. The summed E-state index contributed by atoms with van der Waals surface area (Å²) in [4.78, 5) is 22.3.